The lowest BCUT2D eigenvalue weighted by molar-refractivity contribution is -0.130. The van der Waals surface area contributed by atoms with Crippen molar-refractivity contribution in [3.63, 3.8) is 0 Å². The normalized spacial score (nSPS) is 17.1. The molecule has 2 aromatic heterocycles. The Kier molecular flexibility index (Phi) is 8.03. The Morgan fingerprint density at radius 1 is 1.00 bits per heavy atom. The number of likely N-dealkylation sites (tertiary alicyclic amines) is 2. The number of carbonyl (C=O) groups is 1. The van der Waals surface area contributed by atoms with Crippen molar-refractivity contribution in [2.24, 2.45) is 0 Å². The van der Waals surface area contributed by atoms with Crippen LogP contribution in [0.2, 0.25) is 0 Å². The molecule has 2 aliphatic rings. The number of hydrogen-bond donors (Lipinski definition) is 1. The summed E-state index contributed by atoms with van der Waals surface area (Å²) < 4.78 is 2.00. The van der Waals surface area contributed by atoms with E-state index in [2.05, 4.69) is 83.7 Å². The number of piperidine rings is 1. The predicted molar refractivity (Wildman–Crippen MR) is 167 cm³/mol. The first-order chi connectivity index (χ1) is 20.1. The Bertz CT molecular complexity index is 1580. The fourth-order valence-corrected chi connectivity index (χ4v) is 6.38. The van der Waals surface area contributed by atoms with Crippen LogP contribution >= 0.6 is 0 Å². The number of hydrogen-bond acceptors (Lipinski definition) is 5. The molecule has 0 bridgehead atoms. The second-order valence-electron chi connectivity index (χ2n) is 11.2. The van der Waals surface area contributed by atoms with Crippen LogP contribution in [0.3, 0.4) is 0 Å². The molecule has 1 N–H and O–H groups in total. The van der Waals surface area contributed by atoms with Crippen LogP contribution in [0.25, 0.3) is 22.0 Å². The van der Waals surface area contributed by atoms with Gasteiger partial charge in [-0.2, -0.15) is 0 Å². The van der Waals surface area contributed by atoms with Gasteiger partial charge in [-0.3, -0.25) is 14.2 Å². The second-order valence-corrected chi connectivity index (χ2v) is 11.2. The zero-order valence-electron chi connectivity index (χ0n) is 24.2. The van der Waals surface area contributed by atoms with Gasteiger partial charge in [0, 0.05) is 44.3 Å². The van der Waals surface area contributed by atoms with Gasteiger partial charge in [-0.05, 0) is 72.9 Å². The monoisotopic (exact) mass is 548 g/mol. The third-order valence-electron chi connectivity index (χ3n) is 8.76. The molecule has 2 fully saturated rings. The summed E-state index contributed by atoms with van der Waals surface area (Å²) in [6.45, 7) is 8.39. The van der Waals surface area contributed by atoms with E-state index >= 15 is 0 Å². The van der Waals surface area contributed by atoms with E-state index in [0.717, 1.165) is 68.2 Å². The van der Waals surface area contributed by atoms with Crippen molar-refractivity contribution in [2.75, 3.05) is 38.0 Å². The summed E-state index contributed by atoms with van der Waals surface area (Å²) in [4.78, 5) is 27.0. The third-order valence-corrected chi connectivity index (χ3v) is 8.76. The molecule has 2 aromatic carbocycles. The maximum absolute atomic E-state index is 13.4. The quantitative estimate of drug-likeness (QED) is 0.255. The summed E-state index contributed by atoms with van der Waals surface area (Å²) in [7, 11) is 0. The van der Waals surface area contributed by atoms with Crippen molar-refractivity contribution in [3.05, 3.63) is 90.2 Å². The van der Waals surface area contributed by atoms with Gasteiger partial charge < -0.3 is 15.1 Å². The number of allylic oxidation sites excluding steroid dienone is 4. The molecular formula is C34H40N6O. The van der Waals surface area contributed by atoms with E-state index in [1.807, 2.05) is 15.5 Å². The van der Waals surface area contributed by atoms with Crippen LogP contribution in [0.4, 0.5) is 5.82 Å². The molecule has 0 aliphatic carbocycles. The molecule has 0 saturated carbocycles. The van der Waals surface area contributed by atoms with E-state index in [4.69, 9.17) is 4.98 Å². The highest BCUT2D eigenvalue weighted by molar-refractivity contribution is 5.86. The fraction of sp³-hybridized carbons (Fsp3) is 0.382. The number of nitrogens with zero attached hydrogens (tertiary/aromatic N) is 5. The number of anilines is 1. The first-order valence-electron chi connectivity index (χ1n) is 15.1. The summed E-state index contributed by atoms with van der Waals surface area (Å²) in [5, 5.41) is 6.09. The number of amides is 1. The zero-order chi connectivity index (χ0) is 28.2. The molecule has 2 saturated heterocycles. The maximum Gasteiger partial charge on any atom is 0.241 e. The second kappa shape index (κ2) is 12.2. The molecule has 0 atom stereocenters. The van der Waals surface area contributed by atoms with Crippen LogP contribution in [0, 0.1) is 0 Å². The van der Waals surface area contributed by atoms with Crippen molar-refractivity contribution in [3.8, 4) is 0 Å². The van der Waals surface area contributed by atoms with Crippen LogP contribution in [-0.2, 0) is 4.79 Å². The van der Waals surface area contributed by atoms with Crippen LogP contribution < -0.4 is 5.32 Å². The van der Waals surface area contributed by atoms with Gasteiger partial charge in [0.15, 0.2) is 5.65 Å². The molecular weight excluding hydrogens is 508 g/mol. The van der Waals surface area contributed by atoms with Crippen LogP contribution in [-0.4, -0.2) is 62.8 Å². The van der Waals surface area contributed by atoms with Gasteiger partial charge in [0.25, 0.3) is 0 Å². The average molecular weight is 549 g/mol. The molecule has 6 rings (SSSR count). The molecule has 41 heavy (non-hydrogen) atoms. The molecule has 212 valence electrons. The highest BCUT2D eigenvalue weighted by Gasteiger charge is 2.25. The van der Waals surface area contributed by atoms with E-state index in [1.54, 1.807) is 12.4 Å². The van der Waals surface area contributed by atoms with Crippen molar-refractivity contribution in [1.82, 2.24) is 24.2 Å². The van der Waals surface area contributed by atoms with Crippen molar-refractivity contribution in [2.45, 2.75) is 51.9 Å². The van der Waals surface area contributed by atoms with E-state index in [0.29, 0.717) is 5.92 Å². The highest BCUT2D eigenvalue weighted by atomic mass is 16.2. The van der Waals surface area contributed by atoms with Gasteiger partial charge in [-0.25, -0.2) is 4.98 Å². The number of rotatable bonds is 8. The molecule has 7 nitrogen and oxygen atoms in total. The lowest BCUT2D eigenvalue weighted by Gasteiger charge is -2.33. The minimum atomic E-state index is 0.128. The largest absolute Gasteiger partial charge is 0.375 e. The lowest BCUT2D eigenvalue weighted by atomic mass is 9.86. The van der Waals surface area contributed by atoms with Crippen molar-refractivity contribution in [1.29, 1.82) is 0 Å². The number of imidazole rings is 1. The van der Waals surface area contributed by atoms with Gasteiger partial charge >= 0.3 is 0 Å². The molecule has 4 aromatic rings. The van der Waals surface area contributed by atoms with Gasteiger partial charge in [-0.15, -0.1) is 0 Å². The Labute approximate surface area is 242 Å². The van der Waals surface area contributed by atoms with Crippen LogP contribution in [0.15, 0.2) is 78.9 Å². The van der Waals surface area contributed by atoms with Crippen molar-refractivity contribution < 1.29 is 4.79 Å². The van der Waals surface area contributed by atoms with Gasteiger partial charge in [0.05, 0.1) is 12.7 Å². The number of aromatic nitrogens is 3. The fourth-order valence-electron chi connectivity index (χ4n) is 6.38. The number of benzene rings is 2. The lowest BCUT2D eigenvalue weighted by Crippen LogP contribution is -2.41. The standard InChI is InChI=1S/C34H40N6O/c1-3-26(14-13-25(2)38-18-6-7-19-38)33-34(40-22-17-35-23-31(40)37-33)36-24-32(41)39-20-15-28(16-21-39)30-12-8-10-27-9-4-5-11-29(27)30/h4-5,8-14,17,22-23,28,36H,3,6-7,15-16,18-21,24H2,1-2H3. The predicted octanol–water partition coefficient (Wildman–Crippen LogP) is 6.49. The molecule has 0 spiro atoms. The molecule has 2 aliphatic heterocycles. The highest BCUT2D eigenvalue weighted by Crippen LogP contribution is 2.33. The van der Waals surface area contributed by atoms with Gasteiger partial charge in [-0.1, -0.05) is 55.5 Å². The summed E-state index contributed by atoms with van der Waals surface area (Å²) in [6, 6.07) is 15.2. The zero-order valence-corrected chi connectivity index (χ0v) is 24.2. The Balaban J connectivity index is 1.15. The summed E-state index contributed by atoms with van der Waals surface area (Å²) >= 11 is 0. The van der Waals surface area contributed by atoms with Gasteiger partial charge in [0.2, 0.25) is 5.91 Å². The minimum Gasteiger partial charge on any atom is -0.375 e. The topological polar surface area (TPSA) is 65.8 Å². The minimum absolute atomic E-state index is 0.128. The molecule has 4 heterocycles. The Morgan fingerprint density at radius 2 is 1.78 bits per heavy atom. The van der Waals surface area contributed by atoms with E-state index in [-0.39, 0.29) is 12.5 Å². The SMILES string of the molecule is CCC(=CC=C(C)N1CCCC1)c1nc2cnccn2c1NCC(=O)N1CCC(c2cccc3ccccc23)CC1. The number of fused-ring (bicyclic) bond motifs is 2. The first-order valence-corrected chi connectivity index (χ1v) is 15.1. The molecule has 0 unspecified atom stereocenters. The third kappa shape index (κ3) is 5.71. The Hall–Kier alpha value is -4.13. The molecule has 1 amide bonds. The van der Waals surface area contributed by atoms with Crippen molar-refractivity contribution >= 4 is 33.7 Å². The first kappa shape index (κ1) is 27.1. The summed E-state index contributed by atoms with van der Waals surface area (Å²) in [5.41, 5.74) is 5.49. The van der Waals surface area contributed by atoms with Crippen LogP contribution in [0.5, 0.6) is 0 Å². The number of nitrogens with one attached hydrogen (secondary N) is 1. The average Bonchev–Trinajstić information content (AvgIpc) is 3.69. The molecule has 7 heteroatoms. The number of carbonyl (C=O) groups excluding carboxylic acids is 1. The summed E-state index contributed by atoms with van der Waals surface area (Å²) in [6.07, 6.45) is 15.2. The van der Waals surface area contributed by atoms with Crippen LogP contribution in [0.1, 0.15) is 63.1 Å². The van der Waals surface area contributed by atoms with E-state index < -0.39 is 0 Å². The Morgan fingerprint density at radius 3 is 2.59 bits per heavy atom. The van der Waals surface area contributed by atoms with E-state index in [9.17, 15) is 4.79 Å². The van der Waals surface area contributed by atoms with Gasteiger partial charge in [0.1, 0.15) is 11.5 Å². The molecule has 0 radical (unpaired) electrons. The smallest absolute Gasteiger partial charge is 0.241 e. The van der Waals surface area contributed by atoms with E-state index in [1.165, 1.54) is 34.9 Å². The summed E-state index contributed by atoms with van der Waals surface area (Å²) in [5.74, 6) is 1.45. The maximum atomic E-state index is 13.4.